The summed E-state index contributed by atoms with van der Waals surface area (Å²) in [6, 6.07) is 9.55. The van der Waals surface area contributed by atoms with Crippen LogP contribution in [0.1, 0.15) is 17.0 Å². The molecule has 19 heavy (non-hydrogen) atoms. The Morgan fingerprint density at radius 1 is 1.11 bits per heavy atom. The van der Waals surface area contributed by atoms with Crippen LogP contribution in [0.2, 0.25) is 0 Å². The molecule has 5 nitrogen and oxygen atoms in total. The maximum atomic E-state index is 8.97. The summed E-state index contributed by atoms with van der Waals surface area (Å²) < 4.78 is 1.82. The van der Waals surface area contributed by atoms with Gasteiger partial charge in [-0.3, -0.25) is 9.38 Å². The minimum atomic E-state index is 0.575. The smallest absolute Gasteiger partial charge is 0.170 e. The van der Waals surface area contributed by atoms with Crippen LogP contribution in [-0.2, 0) is 0 Å². The first kappa shape index (κ1) is 11.4. The van der Waals surface area contributed by atoms with Gasteiger partial charge in [-0.25, -0.2) is 0 Å². The molecule has 3 aromatic rings. The Hall–Kier alpha value is -2.74. The van der Waals surface area contributed by atoms with Gasteiger partial charge in [0.1, 0.15) is 6.07 Å². The second-order valence-electron chi connectivity index (χ2n) is 4.37. The van der Waals surface area contributed by atoms with Crippen molar-refractivity contribution in [2.75, 3.05) is 0 Å². The van der Waals surface area contributed by atoms with Crippen molar-refractivity contribution in [1.29, 1.82) is 5.26 Å². The lowest BCUT2D eigenvalue weighted by molar-refractivity contribution is 1.07. The lowest BCUT2D eigenvalue weighted by atomic mass is 10.1. The summed E-state index contributed by atoms with van der Waals surface area (Å²) in [6.45, 7) is 3.89. The molecular weight excluding hydrogens is 238 g/mol. The van der Waals surface area contributed by atoms with Gasteiger partial charge < -0.3 is 0 Å². The molecule has 0 unspecified atom stereocenters. The predicted octanol–water partition coefficient (Wildman–Crippen LogP) is 2.28. The summed E-state index contributed by atoms with van der Waals surface area (Å²) in [6.07, 6.45) is 1.74. The molecule has 0 aliphatic rings. The van der Waals surface area contributed by atoms with Gasteiger partial charge in [0.2, 0.25) is 0 Å². The van der Waals surface area contributed by atoms with E-state index in [2.05, 4.69) is 21.3 Å². The maximum absolute atomic E-state index is 8.97. The largest absolute Gasteiger partial charge is 0.281 e. The molecule has 0 spiro atoms. The van der Waals surface area contributed by atoms with Gasteiger partial charge >= 0.3 is 0 Å². The third-order valence-corrected chi connectivity index (χ3v) is 3.00. The zero-order valence-electron chi connectivity index (χ0n) is 10.6. The number of hydrogen-bond acceptors (Lipinski definition) is 4. The average Bonchev–Trinajstić information content (AvgIpc) is 2.81. The molecule has 0 amide bonds. The first-order valence-corrected chi connectivity index (χ1v) is 5.88. The molecule has 3 aromatic heterocycles. The first-order valence-electron chi connectivity index (χ1n) is 5.88. The van der Waals surface area contributed by atoms with Crippen LogP contribution >= 0.6 is 0 Å². The number of pyridine rings is 2. The van der Waals surface area contributed by atoms with Gasteiger partial charge in [0.15, 0.2) is 11.5 Å². The molecule has 0 radical (unpaired) electrons. The second kappa shape index (κ2) is 4.18. The average molecular weight is 249 g/mol. The monoisotopic (exact) mass is 249 g/mol. The number of nitriles is 1. The maximum Gasteiger partial charge on any atom is 0.170 e. The minimum Gasteiger partial charge on any atom is -0.281 e. The van der Waals surface area contributed by atoms with Gasteiger partial charge in [0.25, 0.3) is 0 Å². The Morgan fingerprint density at radius 2 is 1.95 bits per heavy atom. The summed E-state index contributed by atoms with van der Waals surface area (Å²) in [5.74, 6) is 0.706. The SMILES string of the molecule is Cc1ccc(-c2nnc3ccc(C#N)cn23)c(C)n1. The number of nitrogens with zero attached hydrogens (tertiary/aromatic N) is 5. The van der Waals surface area contributed by atoms with E-state index in [0.717, 1.165) is 17.0 Å². The molecule has 0 aromatic carbocycles. The van der Waals surface area contributed by atoms with Crippen LogP contribution in [0, 0.1) is 25.2 Å². The summed E-state index contributed by atoms with van der Waals surface area (Å²) in [5, 5.41) is 17.3. The van der Waals surface area contributed by atoms with Gasteiger partial charge in [-0.1, -0.05) is 0 Å². The van der Waals surface area contributed by atoms with Gasteiger partial charge in [-0.05, 0) is 38.1 Å². The van der Waals surface area contributed by atoms with Crippen LogP contribution in [0.3, 0.4) is 0 Å². The lowest BCUT2D eigenvalue weighted by Gasteiger charge is -2.04. The molecule has 5 heteroatoms. The normalized spacial score (nSPS) is 10.6. The third-order valence-electron chi connectivity index (χ3n) is 3.00. The van der Waals surface area contributed by atoms with Gasteiger partial charge in [0.05, 0.1) is 5.56 Å². The highest BCUT2D eigenvalue weighted by atomic mass is 15.2. The highest BCUT2D eigenvalue weighted by Crippen LogP contribution is 2.21. The molecule has 0 aliphatic heterocycles. The fourth-order valence-electron chi connectivity index (χ4n) is 2.06. The van der Waals surface area contributed by atoms with E-state index < -0.39 is 0 Å². The standard InChI is InChI=1S/C14H11N5/c1-9-3-5-12(10(2)16-9)14-18-17-13-6-4-11(7-15)8-19(13)14/h3-6,8H,1-2H3. The van der Waals surface area contributed by atoms with Crippen LogP contribution in [-0.4, -0.2) is 19.6 Å². The number of hydrogen-bond donors (Lipinski definition) is 0. The van der Waals surface area contributed by atoms with E-state index in [1.165, 1.54) is 0 Å². The van der Waals surface area contributed by atoms with E-state index >= 15 is 0 Å². The van der Waals surface area contributed by atoms with Crippen LogP contribution in [0.5, 0.6) is 0 Å². The number of aryl methyl sites for hydroxylation is 2. The molecule has 0 aliphatic carbocycles. The van der Waals surface area contributed by atoms with Crippen molar-refractivity contribution in [3.63, 3.8) is 0 Å². The van der Waals surface area contributed by atoms with Crippen molar-refractivity contribution in [3.05, 3.63) is 47.4 Å². The van der Waals surface area contributed by atoms with Crippen LogP contribution in [0.4, 0.5) is 0 Å². The van der Waals surface area contributed by atoms with E-state index in [1.54, 1.807) is 18.3 Å². The zero-order valence-corrected chi connectivity index (χ0v) is 10.6. The summed E-state index contributed by atoms with van der Waals surface area (Å²) in [5.41, 5.74) is 4.08. The lowest BCUT2D eigenvalue weighted by Crippen LogP contribution is -1.95. The fourth-order valence-corrected chi connectivity index (χ4v) is 2.06. The van der Waals surface area contributed by atoms with E-state index in [0.29, 0.717) is 17.0 Å². The van der Waals surface area contributed by atoms with Gasteiger partial charge in [0, 0.05) is 23.1 Å². The van der Waals surface area contributed by atoms with Crippen molar-refractivity contribution < 1.29 is 0 Å². The molecule has 92 valence electrons. The van der Waals surface area contributed by atoms with E-state index in [-0.39, 0.29) is 0 Å². The predicted molar refractivity (Wildman–Crippen MR) is 70.4 cm³/mol. The Balaban J connectivity index is 2.28. The van der Waals surface area contributed by atoms with E-state index in [4.69, 9.17) is 5.26 Å². The highest BCUT2D eigenvalue weighted by molar-refractivity contribution is 5.62. The van der Waals surface area contributed by atoms with Gasteiger partial charge in [-0.15, -0.1) is 10.2 Å². The third kappa shape index (κ3) is 1.83. The van der Waals surface area contributed by atoms with E-state index in [9.17, 15) is 0 Å². The zero-order chi connectivity index (χ0) is 13.4. The molecule has 0 fully saturated rings. The fraction of sp³-hybridized carbons (Fsp3) is 0.143. The molecular formula is C14H11N5. The first-order chi connectivity index (χ1) is 9.19. The van der Waals surface area contributed by atoms with Crippen molar-refractivity contribution in [2.45, 2.75) is 13.8 Å². The number of rotatable bonds is 1. The Bertz CT molecular complexity index is 810. The van der Waals surface area contributed by atoms with Crippen LogP contribution in [0.25, 0.3) is 17.0 Å². The Morgan fingerprint density at radius 3 is 2.68 bits per heavy atom. The van der Waals surface area contributed by atoms with Crippen molar-refractivity contribution >= 4 is 5.65 Å². The molecule has 0 bridgehead atoms. The van der Waals surface area contributed by atoms with Crippen LogP contribution < -0.4 is 0 Å². The summed E-state index contributed by atoms with van der Waals surface area (Å²) in [7, 11) is 0. The van der Waals surface area contributed by atoms with Gasteiger partial charge in [-0.2, -0.15) is 5.26 Å². The molecule has 0 atom stereocenters. The topological polar surface area (TPSA) is 66.9 Å². The Kier molecular flexibility index (Phi) is 2.50. The molecule has 0 N–H and O–H groups in total. The molecule has 3 rings (SSSR count). The minimum absolute atomic E-state index is 0.575. The summed E-state index contributed by atoms with van der Waals surface area (Å²) >= 11 is 0. The van der Waals surface area contributed by atoms with Crippen molar-refractivity contribution in [2.24, 2.45) is 0 Å². The molecule has 0 saturated carbocycles. The number of aromatic nitrogens is 4. The van der Waals surface area contributed by atoms with Crippen molar-refractivity contribution in [1.82, 2.24) is 19.6 Å². The summed E-state index contributed by atoms with van der Waals surface area (Å²) in [4.78, 5) is 4.43. The molecule has 3 heterocycles. The van der Waals surface area contributed by atoms with Crippen molar-refractivity contribution in [3.8, 4) is 17.5 Å². The molecule has 0 saturated heterocycles. The second-order valence-corrected chi connectivity index (χ2v) is 4.37. The van der Waals surface area contributed by atoms with Crippen LogP contribution in [0.15, 0.2) is 30.5 Å². The Labute approximate surface area is 110 Å². The van der Waals surface area contributed by atoms with E-state index in [1.807, 2.05) is 30.4 Å². The quantitative estimate of drug-likeness (QED) is 0.663. The highest BCUT2D eigenvalue weighted by Gasteiger charge is 2.11. The number of fused-ring (bicyclic) bond motifs is 1.